The fourth-order valence-corrected chi connectivity index (χ4v) is 7.85. The van der Waals surface area contributed by atoms with Crippen molar-refractivity contribution in [1.82, 2.24) is 0 Å². The number of phosphoric ester groups is 1. The van der Waals surface area contributed by atoms with Gasteiger partial charge < -0.3 is 24.2 Å². The summed E-state index contributed by atoms with van der Waals surface area (Å²) in [5.74, 6) is -1.59. The summed E-state index contributed by atoms with van der Waals surface area (Å²) in [4.78, 5) is 48.6. The summed E-state index contributed by atoms with van der Waals surface area (Å²) < 4.78 is 39.5. The Kier molecular flexibility index (Phi) is 54.6. The van der Waals surface area contributed by atoms with Gasteiger partial charge in [-0.15, -0.1) is 0 Å². The van der Waals surface area contributed by atoms with E-state index in [1.807, 2.05) is 0 Å². The molecule has 0 aliphatic rings. The zero-order valence-corrected chi connectivity index (χ0v) is 49.2. The first-order valence-corrected chi connectivity index (χ1v) is 30.9. The van der Waals surface area contributed by atoms with Crippen LogP contribution in [0.3, 0.4) is 0 Å². The molecule has 0 fully saturated rings. The summed E-state index contributed by atoms with van der Waals surface area (Å²) >= 11 is 0. The van der Waals surface area contributed by atoms with Crippen LogP contribution < -0.4 is 0 Å². The summed E-state index contributed by atoms with van der Waals surface area (Å²) in [6.07, 6.45) is 76.3. The first-order chi connectivity index (χ1) is 38.2. The lowest BCUT2D eigenvalue weighted by atomic mass is 10.1. The van der Waals surface area contributed by atoms with E-state index in [2.05, 4.69) is 179 Å². The van der Waals surface area contributed by atoms with Gasteiger partial charge in [-0.25, -0.2) is 4.57 Å². The lowest BCUT2D eigenvalue weighted by Gasteiger charge is -2.21. The number of rotatable bonds is 52. The van der Waals surface area contributed by atoms with Crippen LogP contribution in [-0.2, 0) is 42.2 Å². The minimum absolute atomic E-state index is 0.109. The van der Waals surface area contributed by atoms with Crippen LogP contribution in [0.5, 0.6) is 0 Å². The van der Waals surface area contributed by atoms with Crippen molar-refractivity contribution in [2.75, 3.05) is 26.4 Å². The van der Waals surface area contributed by atoms with Crippen molar-refractivity contribution in [3.8, 4) is 0 Å². The van der Waals surface area contributed by atoms with E-state index >= 15 is 0 Å². The Morgan fingerprint density at radius 1 is 0.359 bits per heavy atom. The van der Waals surface area contributed by atoms with Gasteiger partial charge in [0.25, 0.3) is 0 Å². The Hall–Kier alpha value is -4.90. The molecule has 3 atom stereocenters. The van der Waals surface area contributed by atoms with E-state index in [4.69, 9.17) is 23.3 Å². The maximum atomic E-state index is 12.9. The monoisotopic (exact) mass is 1100 g/mol. The molecule has 0 spiro atoms. The molecule has 0 aliphatic carbocycles. The van der Waals surface area contributed by atoms with Crippen LogP contribution in [0.4, 0.5) is 0 Å². The summed E-state index contributed by atoms with van der Waals surface area (Å²) in [6, 6.07) is 0. The molecule has 0 saturated carbocycles. The average Bonchev–Trinajstić information content (AvgIpc) is 3.43. The van der Waals surface area contributed by atoms with Gasteiger partial charge in [-0.1, -0.05) is 198 Å². The molecule has 0 aliphatic heterocycles. The second-order valence-corrected chi connectivity index (χ2v) is 20.1. The number of carbonyl (C=O) groups is 3. The summed E-state index contributed by atoms with van der Waals surface area (Å²) in [7, 11) is -4.79. The van der Waals surface area contributed by atoms with Gasteiger partial charge in [0.05, 0.1) is 19.8 Å². The highest BCUT2D eigenvalue weighted by molar-refractivity contribution is 7.47. The standard InChI is InChI=1S/C66H103O11P/c1-4-7-10-13-16-19-22-25-27-29-31-33-35-38-41-44-47-50-53-56-65(69)76-62(58-67)60-74-78(71,72)75-61-63(59-73-64(68)55-52-49-46-43-40-37-24-21-18-15-12-9-6-3)77-66(70)57-54-51-48-45-42-39-36-34-32-30-28-26-23-20-17-14-11-8-5-2/h7-12,16-21,25-28,31-34,37-42,62-63,67H,4-6,13-15,22-24,29-30,35-36,43-61H2,1-3H3,(H,71,72)/b10-7-,11-8-,12-9-,19-16-,20-17-,21-18-,27-25-,28-26-,33-31-,34-32-,40-37-,41-38-,42-39-. The molecular weight excluding hydrogens is 1000 g/mol. The number of aliphatic hydroxyl groups excluding tert-OH is 1. The molecule has 0 heterocycles. The fraction of sp³-hybridized carbons (Fsp3) is 0.561. The van der Waals surface area contributed by atoms with Crippen molar-refractivity contribution in [3.05, 3.63) is 158 Å². The first-order valence-electron chi connectivity index (χ1n) is 29.4. The predicted molar refractivity (Wildman–Crippen MR) is 325 cm³/mol. The highest BCUT2D eigenvalue weighted by atomic mass is 31.2. The Bertz CT molecular complexity index is 1910. The topological polar surface area (TPSA) is 155 Å². The van der Waals surface area contributed by atoms with Crippen LogP contribution in [0, 0.1) is 0 Å². The molecule has 0 bridgehead atoms. The van der Waals surface area contributed by atoms with Crippen molar-refractivity contribution in [3.63, 3.8) is 0 Å². The SMILES string of the molecule is CC/C=C\C/C=C\C/C=C\C/C=C\C/C=C\CCCCCC(=O)OC(CO)COP(=O)(O)OCC(COC(=O)CCCCC/C=C\C/C=C\C/C=C\CC)OC(=O)CCCCC/C=C\C/C=C\C/C=C\C/C=C\C/C=C\CC. The zero-order valence-electron chi connectivity index (χ0n) is 48.3. The average molecular weight is 1100 g/mol. The van der Waals surface area contributed by atoms with Gasteiger partial charge in [0.15, 0.2) is 6.10 Å². The number of esters is 3. The molecular formula is C66H103O11P. The number of hydrogen-bond acceptors (Lipinski definition) is 10. The number of allylic oxidation sites excluding steroid dienone is 26. The number of aliphatic hydroxyl groups is 1. The Balaban J connectivity index is 4.84. The molecule has 3 unspecified atom stereocenters. The third-order valence-corrected chi connectivity index (χ3v) is 12.4. The summed E-state index contributed by atoms with van der Waals surface area (Å²) in [6.45, 7) is 4.16. The zero-order chi connectivity index (χ0) is 56.9. The largest absolute Gasteiger partial charge is 0.472 e. The van der Waals surface area contributed by atoms with Crippen LogP contribution >= 0.6 is 7.82 Å². The van der Waals surface area contributed by atoms with E-state index < -0.39 is 57.8 Å². The molecule has 0 aromatic carbocycles. The lowest BCUT2D eigenvalue weighted by Crippen LogP contribution is -2.30. The van der Waals surface area contributed by atoms with Crippen LogP contribution in [0.15, 0.2) is 158 Å². The maximum absolute atomic E-state index is 12.9. The number of carbonyl (C=O) groups excluding carboxylic acids is 3. The van der Waals surface area contributed by atoms with E-state index in [0.717, 1.165) is 141 Å². The molecule has 438 valence electrons. The fourth-order valence-electron chi connectivity index (χ4n) is 7.07. The lowest BCUT2D eigenvalue weighted by molar-refractivity contribution is -0.161. The third kappa shape index (κ3) is 55.8. The summed E-state index contributed by atoms with van der Waals surface area (Å²) in [5, 5.41) is 9.83. The van der Waals surface area contributed by atoms with Crippen molar-refractivity contribution >= 4 is 25.7 Å². The van der Waals surface area contributed by atoms with E-state index in [1.165, 1.54) is 0 Å². The smallest absolute Gasteiger partial charge is 0.462 e. The molecule has 0 rings (SSSR count). The molecule has 0 radical (unpaired) electrons. The van der Waals surface area contributed by atoms with Gasteiger partial charge in [-0.2, -0.15) is 0 Å². The van der Waals surface area contributed by atoms with Gasteiger partial charge in [0, 0.05) is 19.3 Å². The van der Waals surface area contributed by atoms with Gasteiger partial charge in [-0.05, 0) is 141 Å². The maximum Gasteiger partial charge on any atom is 0.472 e. The van der Waals surface area contributed by atoms with Crippen LogP contribution in [-0.4, -0.2) is 66.5 Å². The third-order valence-electron chi connectivity index (χ3n) is 11.4. The minimum Gasteiger partial charge on any atom is -0.462 e. The van der Waals surface area contributed by atoms with Crippen LogP contribution in [0.1, 0.15) is 201 Å². The molecule has 12 heteroatoms. The molecule has 78 heavy (non-hydrogen) atoms. The highest BCUT2D eigenvalue weighted by Crippen LogP contribution is 2.43. The van der Waals surface area contributed by atoms with Crippen molar-refractivity contribution < 1.29 is 52.2 Å². The second-order valence-electron chi connectivity index (χ2n) is 18.7. The number of phosphoric acid groups is 1. The number of ether oxygens (including phenoxy) is 3. The highest BCUT2D eigenvalue weighted by Gasteiger charge is 2.28. The minimum atomic E-state index is -4.79. The van der Waals surface area contributed by atoms with Gasteiger partial charge >= 0.3 is 25.7 Å². The van der Waals surface area contributed by atoms with Gasteiger partial charge in [0.2, 0.25) is 0 Å². The molecule has 0 aromatic heterocycles. The Morgan fingerprint density at radius 2 is 0.628 bits per heavy atom. The van der Waals surface area contributed by atoms with Crippen LogP contribution in [0.25, 0.3) is 0 Å². The normalized spacial score (nSPS) is 14.5. The van der Waals surface area contributed by atoms with Gasteiger partial charge in [0.1, 0.15) is 12.7 Å². The van der Waals surface area contributed by atoms with Crippen molar-refractivity contribution in [2.24, 2.45) is 0 Å². The Labute approximate surface area is 473 Å². The molecule has 0 amide bonds. The number of hydrogen-bond donors (Lipinski definition) is 2. The molecule has 0 saturated heterocycles. The Morgan fingerprint density at radius 3 is 0.936 bits per heavy atom. The predicted octanol–water partition coefficient (Wildman–Crippen LogP) is 17.7. The van der Waals surface area contributed by atoms with E-state index in [1.54, 1.807) is 0 Å². The quantitative estimate of drug-likeness (QED) is 0.0197. The number of unbranched alkanes of at least 4 members (excludes halogenated alkanes) is 9. The van der Waals surface area contributed by atoms with Crippen molar-refractivity contribution in [1.29, 1.82) is 0 Å². The van der Waals surface area contributed by atoms with Gasteiger partial charge in [-0.3, -0.25) is 23.4 Å². The molecule has 0 aromatic rings. The summed E-state index contributed by atoms with van der Waals surface area (Å²) in [5.41, 5.74) is 0. The second kappa shape index (κ2) is 58.3. The van der Waals surface area contributed by atoms with E-state index in [0.29, 0.717) is 19.3 Å². The van der Waals surface area contributed by atoms with E-state index in [-0.39, 0.29) is 25.9 Å². The first kappa shape index (κ1) is 73.1. The van der Waals surface area contributed by atoms with E-state index in [9.17, 15) is 28.9 Å². The molecule has 2 N–H and O–H groups in total. The molecule has 11 nitrogen and oxygen atoms in total. The van der Waals surface area contributed by atoms with Crippen LogP contribution in [0.2, 0.25) is 0 Å². The van der Waals surface area contributed by atoms with Crippen molar-refractivity contribution in [2.45, 2.75) is 213 Å².